The van der Waals surface area contributed by atoms with E-state index in [4.69, 9.17) is 9.72 Å². The molecule has 208 valence electrons. The average molecular weight is 565 g/mol. The lowest BCUT2D eigenvalue weighted by Gasteiger charge is -2.23. The number of hydrogen-bond donors (Lipinski definition) is 0. The maximum absolute atomic E-state index is 6.74. The van der Waals surface area contributed by atoms with Crippen molar-refractivity contribution in [2.24, 2.45) is 0 Å². The summed E-state index contributed by atoms with van der Waals surface area (Å²) in [5.41, 5.74) is 9.90. The van der Waals surface area contributed by atoms with Crippen molar-refractivity contribution in [2.75, 3.05) is 0 Å². The highest BCUT2D eigenvalue weighted by Gasteiger charge is 2.26. The molecule has 0 atom stereocenters. The molecule has 0 bridgehead atoms. The summed E-state index contributed by atoms with van der Waals surface area (Å²) in [6, 6.07) is 50.1. The first-order chi connectivity index (χ1) is 21.7. The van der Waals surface area contributed by atoms with Gasteiger partial charge in [-0.2, -0.15) is 0 Å². The Labute approximate surface area is 255 Å². The van der Waals surface area contributed by atoms with E-state index < -0.39 is 0 Å². The van der Waals surface area contributed by atoms with Gasteiger partial charge in [0.25, 0.3) is 0 Å². The van der Waals surface area contributed by atoms with Crippen molar-refractivity contribution < 1.29 is 4.74 Å². The predicted molar refractivity (Wildman–Crippen MR) is 182 cm³/mol. The van der Waals surface area contributed by atoms with Gasteiger partial charge in [-0.1, -0.05) is 91.9 Å². The van der Waals surface area contributed by atoms with Gasteiger partial charge in [0.1, 0.15) is 11.3 Å². The molecule has 3 nitrogen and oxygen atoms in total. The first-order valence-electron chi connectivity index (χ1n) is 15.2. The quantitative estimate of drug-likeness (QED) is 0.213. The van der Waals surface area contributed by atoms with Gasteiger partial charge < -0.3 is 4.74 Å². The van der Waals surface area contributed by atoms with Crippen LogP contribution >= 0.6 is 0 Å². The van der Waals surface area contributed by atoms with Crippen LogP contribution in [-0.2, 0) is 6.42 Å². The molecule has 1 aromatic heterocycles. The average Bonchev–Trinajstić information content (AvgIpc) is 3.48. The third-order valence-corrected chi connectivity index (χ3v) is 8.89. The summed E-state index contributed by atoms with van der Waals surface area (Å²) in [5.74, 6) is 2.74. The number of fused-ring (bicyclic) bond motifs is 4. The molecule has 0 saturated heterocycles. The topological polar surface area (TPSA) is 27.1 Å². The van der Waals surface area contributed by atoms with E-state index in [1.807, 2.05) is 12.1 Å². The molecule has 1 aliphatic heterocycles. The van der Waals surface area contributed by atoms with E-state index in [1.165, 1.54) is 43.8 Å². The molecular formula is C41H28N2O. The minimum atomic E-state index is 0.835. The van der Waals surface area contributed by atoms with Crippen molar-refractivity contribution >= 4 is 32.6 Å². The van der Waals surface area contributed by atoms with Crippen molar-refractivity contribution in [3.63, 3.8) is 0 Å². The van der Waals surface area contributed by atoms with Gasteiger partial charge in [-0.05, 0) is 104 Å². The summed E-state index contributed by atoms with van der Waals surface area (Å²) < 4.78 is 9.02. The standard InChI is InChI=1S/C41H28N2O/c1-2-39-42-36-20-19-35(41-40(36)43(39)37-13-7-8-14-38(37)44-41)34-24-32(30-17-15-26-9-3-5-11-28(26)21-30)23-33(25-34)31-18-16-27-10-4-6-12-29(27)22-31/h3-25H,2H2,1H3. The van der Waals surface area contributed by atoms with Crippen LogP contribution in [0.2, 0.25) is 0 Å². The van der Waals surface area contributed by atoms with Crippen LogP contribution in [-0.4, -0.2) is 9.55 Å². The number of imidazole rings is 1. The molecule has 0 fully saturated rings. The van der Waals surface area contributed by atoms with Gasteiger partial charge >= 0.3 is 0 Å². The van der Waals surface area contributed by atoms with Gasteiger partial charge in [-0.25, -0.2) is 4.98 Å². The zero-order chi connectivity index (χ0) is 29.2. The molecule has 9 rings (SSSR count). The normalized spacial score (nSPS) is 12.0. The number of para-hydroxylation sites is 2. The molecule has 0 saturated carbocycles. The van der Waals surface area contributed by atoms with Crippen molar-refractivity contribution in [2.45, 2.75) is 13.3 Å². The number of hydrogen-bond acceptors (Lipinski definition) is 2. The summed E-state index contributed by atoms with van der Waals surface area (Å²) >= 11 is 0. The molecule has 0 N–H and O–H groups in total. The summed E-state index contributed by atoms with van der Waals surface area (Å²) in [4.78, 5) is 5.01. The van der Waals surface area contributed by atoms with Crippen LogP contribution in [0, 0.1) is 0 Å². The van der Waals surface area contributed by atoms with Gasteiger partial charge in [0.2, 0.25) is 0 Å². The Kier molecular flexibility index (Phi) is 5.48. The molecule has 8 aromatic rings. The maximum Gasteiger partial charge on any atom is 0.161 e. The fourth-order valence-electron chi connectivity index (χ4n) is 6.70. The summed E-state index contributed by atoms with van der Waals surface area (Å²) in [6.45, 7) is 2.16. The molecule has 0 aliphatic carbocycles. The van der Waals surface area contributed by atoms with E-state index in [1.54, 1.807) is 0 Å². The maximum atomic E-state index is 6.74. The molecule has 0 spiro atoms. The molecule has 0 unspecified atom stereocenters. The van der Waals surface area contributed by atoms with Gasteiger partial charge in [-0.3, -0.25) is 4.57 Å². The lowest BCUT2D eigenvalue weighted by atomic mass is 9.91. The molecule has 7 aromatic carbocycles. The Morgan fingerprint density at radius 3 is 1.80 bits per heavy atom. The zero-order valence-corrected chi connectivity index (χ0v) is 24.3. The highest BCUT2D eigenvalue weighted by Crippen LogP contribution is 2.47. The lowest BCUT2D eigenvalue weighted by molar-refractivity contribution is 0.476. The third kappa shape index (κ3) is 3.86. The first-order valence-corrected chi connectivity index (χ1v) is 15.2. The number of nitrogens with zero attached hydrogens (tertiary/aromatic N) is 2. The molecule has 0 amide bonds. The van der Waals surface area contributed by atoms with Crippen LogP contribution in [0.1, 0.15) is 12.7 Å². The highest BCUT2D eigenvalue weighted by molar-refractivity contribution is 5.97. The van der Waals surface area contributed by atoms with Crippen molar-refractivity contribution in [1.29, 1.82) is 0 Å². The van der Waals surface area contributed by atoms with Gasteiger partial charge in [-0.15, -0.1) is 0 Å². The summed E-state index contributed by atoms with van der Waals surface area (Å²) in [7, 11) is 0. The minimum Gasteiger partial charge on any atom is -0.452 e. The van der Waals surface area contributed by atoms with E-state index in [0.717, 1.165) is 51.6 Å². The van der Waals surface area contributed by atoms with Crippen LogP contribution in [0.3, 0.4) is 0 Å². The largest absolute Gasteiger partial charge is 0.452 e. The monoisotopic (exact) mass is 564 g/mol. The van der Waals surface area contributed by atoms with E-state index in [2.05, 4.69) is 139 Å². The third-order valence-electron chi connectivity index (χ3n) is 8.89. The Hall–Kier alpha value is -5.67. The highest BCUT2D eigenvalue weighted by atomic mass is 16.5. The van der Waals surface area contributed by atoms with Gasteiger partial charge in [0, 0.05) is 12.0 Å². The Morgan fingerprint density at radius 1 is 0.545 bits per heavy atom. The summed E-state index contributed by atoms with van der Waals surface area (Å²) in [6.07, 6.45) is 0.835. The van der Waals surface area contributed by atoms with Crippen molar-refractivity contribution in [1.82, 2.24) is 9.55 Å². The number of ether oxygens (including phenoxy) is 1. The van der Waals surface area contributed by atoms with Crippen LogP contribution in [0.25, 0.3) is 71.6 Å². The molecule has 3 heteroatoms. The fourth-order valence-corrected chi connectivity index (χ4v) is 6.70. The van der Waals surface area contributed by atoms with Gasteiger partial charge in [0.15, 0.2) is 11.5 Å². The van der Waals surface area contributed by atoms with Crippen LogP contribution in [0.5, 0.6) is 11.5 Å². The van der Waals surface area contributed by atoms with E-state index >= 15 is 0 Å². The Bertz CT molecular complexity index is 2320. The van der Waals surface area contributed by atoms with Crippen molar-refractivity contribution in [3.05, 3.63) is 145 Å². The number of aromatic nitrogens is 2. The Morgan fingerprint density at radius 2 is 1.14 bits per heavy atom. The summed E-state index contributed by atoms with van der Waals surface area (Å²) in [5, 5.41) is 4.94. The van der Waals surface area contributed by atoms with Crippen molar-refractivity contribution in [3.8, 4) is 50.6 Å². The lowest BCUT2D eigenvalue weighted by Crippen LogP contribution is -2.07. The minimum absolute atomic E-state index is 0.835. The SMILES string of the molecule is CCc1nc2ccc(-c3cc(-c4ccc5ccccc5c4)cc(-c4ccc5ccccc5c4)c3)c3c2n1-c1ccccc1O3. The van der Waals surface area contributed by atoms with Crippen LogP contribution < -0.4 is 4.74 Å². The molecule has 1 aliphatic rings. The fraction of sp³-hybridized carbons (Fsp3) is 0.0488. The first kappa shape index (κ1) is 24.9. The smallest absolute Gasteiger partial charge is 0.161 e. The number of rotatable bonds is 4. The van der Waals surface area contributed by atoms with E-state index in [9.17, 15) is 0 Å². The van der Waals surface area contributed by atoms with E-state index in [-0.39, 0.29) is 0 Å². The number of benzene rings is 7. The molecule has 44 heavy (non-hydrogen) atoms. The second kappa shape index (κ2) is 9.68. The van der Waals surface area contributed by atoms with Gasteiger partial charge in [0.05, 0.1) is 11.2 Å². The predicted octanol–water partition coefficient (Wildman–Crippen LogP) is 11.0. The van der Waals surface area contributed by atoms with E-state index in [0.29, 0.717) is 0 Å². The van der Waals surface area contributed by atoms with Crippen LogP contribution in [0.4, 0.5) is 0 Å². The molecular weight excluding hydrogens is 536 g/mol. The molecule has 2 heterocycles. The molecule has 0 radical (unpaired) electrons. The number of aryl methyl sites for hydroxylation is 1. The Balaban J connectivity index is 1.31. The second-order valence-corrected chi connectivity index (χ2v) is 11.5. The second-order valence-electron chi connectivity index (χ2n) is 11.5. The zero-order valence-electron chi connectivity index (χ0n) is 24.3. The van der Waals surface area contributed by atoms with Crippen LogP contribution in [0.15, 0.2) is 140 Å².